The fourth-order valence-corrected chi connectivity index (χ4v) is 2.01. The average molecular weight is 303 g/mol. The van der Waals surface area contributed by atoms with E-state index in [2.05, 4.69) is 9.34 Å². The minimum Gasteiger partial charge on any atom is -0.356 e. The van der Waals surface area contributed by atoms with Gasteiger partial charge < -0.3 is 4.52 Å². The minimum atomic E-state index is -3.41. The molecule has 0 spiro atoms. The van der Waals surface area contributed by atoms with E-state index in [0.29, 0.717) is 24.1 Å². The van der Waals surface area contributed by atoms with Gasteiger partial charge in [0.1, 0.15) is 5.82 Å². The molecule has 1 heterocycles. The predicted molar refractivity (Wildman–Crippen MR) is 74.4 cm³/mol. The third-order valence-corrected chi connectivity index (χ3v) is 2.96. The van der Waals surface area contributed by atoms with Crippen LogP contribution in [-0.2, 0) is 20.7 Å². The van der Waals surface area contributed by atoms with Crippen LogP contribution < -0.4 is 0 Å². The Bertz CT molecular complexity index is 651. The van der Waals surface area contributed by atoms with Gasteiger partial charge in [0.15, 0.2) is 5.58 Å². The molecule has 0 saturated carbocycles. The van der Waals surface area contributed by atoms with E-state index in [1.807, 2.05) is 13.8 Å². The second-order valence-corrected chi connectivity index (χ2v) is 5.54. The molecule has 1 aromatic carbocycles. The summed E-state index contributed by atoms with van der Waals surface area (Å²) < 4.78 is 44.0. The lowest BCUT2D eigenvalue weighted by atomic mass is 10.1. The molecule has 20 heavy (non-hydrogen) atoms. The van der Waals surface area contributed by atoms with E-state index in [0.717, 1.165) is 11.6 Å². The molecule has 2 rings (SSSR count). The first-order valence-corrected chi connectivity index (χ1v) is 8.15. The fraction of sp³-hybridized carbons (Fsp3) is 0.462. The molecule has 0 aliphatic heterocycles. The van der Waals surface area contributed by atoms with Crippen molar-refractivity contribution in [2.45, 2.75) is 26.7 Å². The Balaban J connectivity index is 0.000000956. The molecule has 0 amide bonds. The molecule has 0 aliphatic rings. The van der Waals surface area contributed by atoms with Crippen molar-refractivity contribution in [3.8, 4) is 0 Å². The molecule has 0 fully saturated rings. The Morgan fingerprint density at radius 2 is 2.05 bits per heavy atom. The van der Waals surface area contributed by atoms with Gasteiger partial charge in [0.2, 0.25) is 0 Å². The maximum atomic E-state index is 12.9. The molecular formula is C13H18FNO4S. The van der Waals surface area contributed by atoms with Crippen LogP contribution in [0.4, 0.5) is 4.39 Å². The standard InChI is InChI=1S/C11H12FNO4S.C2H6/c1-18(14,15)16-6-2-3-10-9-5-4-8(12)7-11(9)17-13-10;1-2/h4-5,7H,2-3,6H2,1H3;1-2H3. The predicted octanol–water partition coefficient (Wildman–Crippen LogP) is 2.90. The van der Waals surface area contributed by atoms with Gasteiger partial charge in [-0.05, 0) is 25.0 Å². The Morgan fingerprint density at radius 1 is 1.35 bits per heavy atom. The van der Waals surface area contributed by atoms with Crippen LogP contribution in [0, 0.1) is 5.82 Å². The molecule has 0 aliphatic carbocycles. The topological polar surface area (TPSA) is 69.4 Å². The van der Waals surface area contributed by atoms with Crippen molar-refractivity contribution < 1.29 is 21.5 Å². The second-order valence-electron chi connectivity index (χ2n) is 3.90. The summed E-state index contributed by atoms with van der Waals surface area (Å²) in [6.45, 7) is 4.09. The number of aryl methyl sites for hydroxylation is 1. The van der Waals surface area contributed by atoms with Gasteiger partial charge >= 0.3 is 0 Å². The van der Waals surface area contributed by atoms with Gasteiger partial charge in [-0.1, -0.05) is 19.0 Å². The van der Waals surface area contributed by atoms with Crippen LogP contribution in [0.1, 0.15) is 26.0 Å². The summed E-state index contributed by atoms with van der Waals surface area (Å²) >= 11 is 0. The van der Waals surface area contributed by atoms with Crippen LogP contribution in [0.25, 0.3) is 11.0 Å². The summed E-state index contributed by atoms with van der Waals surface area (Å²) in [4.78, 5) is 0. The van der Waals surface area contributed by atoms with Crippen molar-refractivity contribution in [3.63, 3.8) is 0 Å². The molecule has 0 saturated heterocycles. The number of aromatic nitrogens is 1. The van der Waals surface area contributed by atoms with Crippen molar-refractivity contribution in [1.82, 2.24) is 5.16 Å². The molecule has 0 unspecified atom stereocenters. The van der Waals surface area contributed by atoms with Gasteiger partial charge in [0, 0.05) is 11.5 Å². The van der Waals surface area contributed by atoms with Crippen LogP contribution in [-0.4, -0.2) is 26.4 Å². The molecule has 0 atom stereocenters. The fourth-order valence-electron chi connectivity index (χ4n) is 1.59. The van der Waals surface area contributed by atoms with E-state index < -0.39 is 10.1 Å². The minimum absolute atomic E-state index is 0.0916. The summed E-state index contributed by atoms with van der Waals surface area (Å²) in [6.07, 6.45) is 2.00. The zero-order chi connectivity index (χ0) is 15.2. The lowest BCUT2D eigenvalue weighted by Gasteiger charge is -1.99. The molecule has 7 heteroatoms. The highest BCUT2D eigenvalue weighted by Gasteiger charge is 2.09. The van der Waals surface area contributed by atoms with E-state index in [4.69, 9.17) is 4.52 Å². The third-order valence-electron chi connectivity index (χ3n) is 2.36. The first-order valence-electron chi connectivity index (χ1n) is 6.34. The Labute approximate surface area is 117 Å². The second kappa shape index (κ2) is 7.35. The summed E-state index contributed by atoms with van der Waals surface area (Å²) in [5, 5.41) is 4.56. The highest BCUT2D eigenvalue weighted by Crippen LogP contribution is 2.20. The zero-order valence-electron chi connectivity index (χ0n) is 11.7. The highest BCUT2D eigenvalue weighted by atomic mass is 32.2. The van der Waals surface area contributed by atoms with E-state index in [-0.39, 0.29) is 12.4 Å². The highest BCUT2D eigenvalue weighted by molar-refractivity contribution is 7.85. The molecular weight excluding hydrogens is 285 g/mol. The summed E-state index contributed by atoms with van der Waals surface area (Å²) in [5.41, 5.74) is 1.05. The summed E-state index contributed by atoms with van der Waals surface area (Å²) in [5.74, 6) is -0.384. The number of hydrogen-bond donors (Lipinski definition) is 0. The van der Waals surface area contributed by atoms with Crippen LogP contribution in [0.15, 0.2) is 22.7 Å². The number of benzene rings is 1. The largest absolute Gasteiger partial charge is 0.356 e. The first-order chi connectivity index (χ1) is 9.46. The van der Waals surface area contributed by atoms with Crippen LogP contribution in [0.3, 0.4) is 0 Å². The Kier molecular flexibility index (Phi) is 6.09. The van der Waals surface area contributed by atoms with Crippen LogP contribution in [0.5, 0.6) is 0 Å². The van der Waals surface area contributed by atoms with Gasteiger partial charge in [0.05, 0.1) is 18.6 Å². The third kappa shape index (κ3) is 4.90. The molecule has 0 radical (unpaired) electrons. The van der Waals surface area contributed by atoms with Crippen LogP contribution >= 0.6 is 0 Å². The van der Waals surface area contributed by atoms with Crippen molar-refractivity contribution in [1.29, 1.82) is 0 Å². The molecule has 0 N–H and O–H groups in total. The van der Waals surface area contributed by atoms with E-state index in [1.54, 1.807) is 6.07 Å². The van der Waals surface area contributed by atoms with Crippen molar-refractivity contribution in [3.05, 3.63) is 29.7 Å². The smallest absolute Gasteiger partial charge is 0.264 e. The molecule has 112 valence electrons. The number of fused-ring (bicyclic) bond motifs is 1. The maximum Gasteiger partial charge on any atom is 0.264 e. The monoisotopic (exact) mass is 303 g/mol. The Hall–Kier alpha value is -1.47. The lowest BCUT2D eigenvalue weighted by Crippen LogP contribution is -2.05. The normalized spacial score (nSPS) is 11.2. The van der Waals surface area contributed by atoms with E-state index in [9.17, 15) is 12.8 Å². The quantitative estimate of drug-likeness (QED) is 0.627. The number of rotatable bonds is 5. The van der Waals surface area contributed by atoms with E-state index >= 15 is 0 Å². The lowest BCUT2D eigenvalue weighted by molar-refractivity contribution is 0.314. The van der Waals surface area contributed by atoms with Gasteiger partial charge in [-0.25, -0.2) is 4.39 Å². The van der Waals surface area contributed by atoms with Crippen molar-refractivity contribution in [2.75, 3.05) is 12.9 Å². The molecule has 0 bridgehead atoms. The number of halogens is 1. The summed E-state index contributed by atoms with van der Waals surface area (Å²) in [7, 11) is -3.41. The van der Waals surface area contributed by atoms with E-state index in [1.165, 1.54) is 12.1 Å². The van der Waals surface area contributed by atoms with Crippen molar-refractivity contribution >= 4 is 21.1 Å². The summed E-state index contributed by atoms with van der Waals surface area (Å²) in [6, 6.07) is 4.18. The molecule has 1 aromatic heterocycles. The molecule has 5 nitrogen and oxygen atoms in total. The Morgan fingerprint density at radius 3 is 2.70 bits per heavy atom. The number of hydrogen-bond acceptors (Lipinski definition) is 5. The van der Waals surface area contributed by atoms with Gasteiger partial charge in [0.25, 0.3) is 10.1 Å². The zero-order valence-corrected chi connectivity index (χ0v) is 12.5. The van der Waals surface area contributed by atoms with Gasteiger partial charge in [-0.2, -0.15) is 8.42 Å². The van der Waals surface area contributed by atoms with Crippen LogP contribution in [0.2, 0.25) is 0 Å². The van der Waals surface area contributed by atoms with Crippen molar-refractivity contribution in [2.24, 2.45) is 0 Å². The molecule has 2 aromatic rings. The number of nitrogens with zero attached hydrogens (tertiary/aromatic N) is 1. The van der Waals surface area contributed by atoms with Gasteiger partial charge in [-0.15, -0.1) is 0 Å². The SMILES string of the molecule is CC.CS(=O)(=O)OCCCc1noc2cc(F)ccc12. The van der Waals surface area contributed by atoms with Gasteiger partial charge in [-0.3, -0.25) is 4.18 Å². The average Bonchev–Trinajstić information content (AvgIpc) is 2.78. The maximum absolute atomic E-state index is 12.9. The first kappa shape index (κ1) is 16.6.